The van der Waals surface area contributed by atoms with Crippen molar-refractivity contribution in [2.24, 2.45) is 0 Å². The molecule has 8 heteroatoms. The third kappa shape index (κ3) is 1.68. The van der Waals surface area contributed by atoms with Crippen molar-refractivity contribution in [3.05, 3.63) is 21.9 Å². The SMILES string of the molecule is Nc1cc(O)c([N+](=O)[O-])nc1C(F)F. The van der Waals surface area contributed by atoms with Gasteiger partial charge in [-0.2, -0.15) is 0 Å². The number of nitro groups is 1. The summed E-state index contributed by atoms with van der Waals surface area (Å²) in [6.07, 6.45) is -3.02. The van der Waals surface area contributed by atoms with E-state index in [4.69, 9.17) is 10.8 Å². The Balaban J connectivity index is 3.34. The fourth-order valence-electron chi connectivity index (χ4n) is 0.831. The van der Waals surface area contributed by atoms with E-state index in [1.807, 2.05) is 0 Å². The number of nitrogen functional groups attached to an aromatic ring is 1. The zero-order valence-corrected chi connectivity index (χ0v) is 6.65. The summed E-state index contributed by atoms with van der Waals surface area (Å²) >= 11 is 0. The van der Waals surface area contributed by atoms with E-state index < -0.39 is 34.3 Å². The summed E-state index contributed by atoms with van der Waals surface area (Å²) in [4.78, 5) is 12.1. The van der Waals surface area contributed by atoms with Gasteiger partial charge in [-0.15, -0.1) is 0 Å². The second-order valence-electron chi connectivity index (χ2n) is 2.36. The predicted octanol–water partition coefficient (Wildman–Crippen LogP) is 1.22. The maximum absolute atomic E-state index is 12.2. The van der Waals surface area contributed by atoms with Crippen LogP contribution in [0.25, 0.3) is 0 Å². The number of pyridine rings is 1. The van der Waals surface area contributed by atoms with Gasteiger partial charge in [-0.1, -0.05) is 0 Å². The summed E-state index contributed by atoms with van der Waals surface area (Å²) in [7, 11) is 0. The lowest BCUT2D eigenvalue weighted by Gasteiger charge is -2.01. The summed E-state index contributed by atoms with van der Waals surface area (Å²) in [5.74, 6) is -1.87. The molecule has 0 fully saturated rings. The van der Waals surface area contributed by atoms with Crippen LogP contribution in [0.4, 0.5) is 20.3 Å². The average Bonchev–Trinajstić information content (AvgIpc) is 2.02. The number of hydrogen-bond acceptors (Lipinski definition) is 5. The maximum atomic E-state index is 12.2. The molecule has 0 aromatic carbocycles. The van der Waals surface area contributed by atoms with E-state index >= 15 is 0 Å². The predicted molar refractivity (Wildman–Crippen MR) is 41.9 cm³/mol. The zero-order chi connectivity index (χ0) is 10.9. The topological polar surface area (TPSA) is 102 Å². The van der Waals surface area contributed by atoms with E-state index in [1.165, 1.54) is 0 Å². The highest BCUT2D eigenvalue weighted by atomic mass is 19.3. The van der Waals surface area contributed by atoms with Gasteiger partial charge < -0.3 is 21.0 Å². The molecular weight excluding hydrogens is 200 g/mol. The van der Waals surface area contributed by atoms with Crippen LogP contribution in [-0.2, 0) is 0 Å². The van der Waals surface area contributed by atoms with E-state index in [0.717, 1.165) is 0 Å². The summed E-state index contributed by atoms with van der Waals surface area (Å²) in [6, 6.07) is 0.673. The van der Waals surface area contributed by atoms with Crippen molar-refractivity contribution in [2.75, 3.05) is 5.73 Å². The second-order valence-corrected chi connectivity index (χ2v) is 2.36. The first-order chi connectivity index (χ1) is 6.43. The molecule has 0 aliphatic carbocycles. The molecule has 3 N–H and O–H groups in total. The quantitative estimate of drug-likeness (QED) is 0.558. The van der Waals surface area contributed by atoms with E-state index in [2.05, 4.69) is 4.98 Å². The Kier molecular flexibility index (Phi) is 2.45. The van der Waals surface area contributed by atoms with Gasteiger partial charge in [-0.05, 0) is 9.91 Å². The van der Waals surface area contributed by atoms with E-state index in [9.17, 15) is 18.9 Å². The Hall–Kier alpha value is -1.99. The number of anilines is 1. The van der Waals surface area contributed by atoms with Crippen LogP contribution >= 0.6 is 0 Å². The minimum atomic E-state index is -3.02. The number of rotatable bonds is 2. The Morgan fingerprint density at radius 2 is 2.21 bits per heavy atom. The molecule has 0 saturated heterocycles. The van der Waals surface area contributed by atoms with Gasteiger partial charge in [0.1, 0.15) is 0 Å². The van der Waals surface area contributed by atoms with Crippen molar-refractivity contribution in [2.45, 2.75) is 6.43 Å². The van der Waals surface area contributed by atoms with Crippen molar-refractivity contribution >= 4 is 11.5 Å². The van der Waals surface area contributed by atoms with Crippen LogP contribution in [0, 0.1) is 10.1 Å². The zero-order valence-electron chi connectivity index (χ0n) is 6.65. The first kappa shape index (κ1) is 10.1. The molecular formula is C6H5F2N3O3. The third-order valence-electron chi connectivity index (χ3n) is 1.42. The van der Waals surface area contributed by atoms with Crippen molar-refractivity contribution in [3.8, 4) is 5.75 Å². The van der Waals surface area contributed by atoms with Crippen LogP contribution in [0.15, 0.2) is 6.07 Å². The van der Waals surface area contributed by atoms with E-state index in [1.54, 1.807) is 0 Å². The Morgan fingerprint density at radius 1 is 1.64 bits per heavy atom. The van der Waals surface area contributed by atoms with Gasteiger partial charge in [-0.25, -0.2) is 8.78 Å². The molecule has 0 aliphatic rings. The first-order valence-corrected chi connectivity index (χ1v) is 3.35. The molecule has 0 spiro atoms. The monoisotopic (exact) mass is 205 g/mol. The number of alkyl halides is 2. The molecule has 0 aliphatic heterocycles. The molecule has 6 nitrogen and oxygen atoms in total. The number of hydrogen-bond donors (Lipinski definition) is 2. The summed E-state index contributed by atoms with van der Waals surface area (Å²) in [5.41, 5.74) is 3.68. The highest BCUT2D eigenvalue weighted by Crippen LogP contribution is 2.31. The standard InChI is InChI=1S/C6H5F2N3O3/c7-5(8)4-2(9)1-3(12)6(10-4)11(13)14/h1,5,12H,9H2. The lowest BCUT2D eigenvalue weighted by Crippen LogP contribution is -2.02. The molecule has 0 bridgehead atoms. The van der Waals surface area contributed by atoms with Crippen LogP contribution in [-0.4, -0.2) is 15.0 Å². The Labute approximate surface area is 76.1 Å². The van der Waals surface area contributed by atoms with Gasteiger partial charge in [0.2, 0.25) is 11.4 Å². The molecule has 1 heterocycles. The highest BCUT2D eigenvalue weighted by Gasteiger charge is 2.25. The molecule has 14 heavy (non-hydrogen) atoms. The number of halogens is 2. The summed E-state index contributed by atoms with van der Waals surface area (Å²) in [6.45, 7) is 0. The molecule has 0 radical (unpaired) electrons. The fraction of sp³-hybridized carbons (Fsp3) is 0.167. The van der Waals surface area contributed by atoms with Crippen LogP contribution in [0.5, 0.6) is 5.75 Å². The van der Waals surface area contributed by atoms with Gasteiger partial charge in [0, 0.05) is 6.07 Å². The van der Waals surface area contributed by atoms with Crippen LogP contribution in [0.1, 0.15) is 12.1 Å². The van der Waals surface area contributed by atoms with Gasteiger partial charge in [0.15, 0.2) is 0 Å². The number of nitrogens with two attached hydrogens (primary N) is 1. The fourth-order valence-corrected chi connectivity index (χ4v) is 0.831. The molecule has 0 atom stereocenters. The minimum absolute atomic E-state index is 0.483. The normalized spacial score (nSPS) is 10.5. The maximum Gasteiger partial charge on any atom is 0.406 e. The first-order valence-electron chi connectivity index (χ1n) is 3.35. The van der Waals surface area contributed by atoms with Gasteiger partial charge >= 0.3 is 12.2 Å². The smallest absolute Gasteiger partial charge is 0.406 e. The third-order valence-corrected chi connectivity index (χ3v) is 1.42. The Bertz CT molecular complexity index is 383. The highest BCUT2D eigenvalue weighted by molar-refractivity contribution is 5.54. The lowest BCUT2D eigenvalue weighted by atomic mass is 10.3. The largest absolute Gasteiger partial charge is 0.501 e. The second kappa shape index (κ2) is 3.40. The van der Waals surface area contributed by atoms with Crippen LogP contribution < -0.4 is 5.73 Å². The number of aromatic nitrogens is 1. The van der Waals surface area contributed by atoms with Gasteiger partial charge in [0.25, 0.3) is 0 Å². The molecule has 76 valence electrons. The minimum Gasteiger partial charge on any atom is -0.501 e. The van der Waals surface area contributed by atoms with Gasteiger partial charge in [-0.3, -0.25) is 0 Å². The van der Waals surface area contributed by atoms with Crippen LogP contribution in [0.3, 0.4) is 0 Å². The average molecular weight is 205 g/mol. The summed E-state index contributed by atoms with van der Waals surface area (Å²) in [5, 5.41) is 19.1. The molecule has 1 aromatic rings. The molecule has 0 unspecified atom stereocenters. The number of nitrogens with zero attached hydrogens (tertiary/aromatic N) is 2. The molecule has 0 amide bonds. The molecule has 0 saturated carbocycles. The Morgan fingerprint density at radius 3 is 2.64 bits per heavy atom. The van der Waals surface area contributed by atoms with Crippen LogP contribution in [0.2, 0.25) is 0 Å². The van der Waals surface area contributed by atoms with Crippen molar-refractivity contribution < 1.29 is 18.8 Å². The lowest BCUT2D eigenvalue weighted by molar-refractivity contribution is -0.390. The molecule has 1 rings (SSSR count). The van der Waals surface area contributed by atoms with E-state index in [-0.39, 0.29) is 0 Å². The van der Waals surface area contributed by atoms with Gasteiger partial charge in [0.05, 0.1) is 5.69 Å². The van der Waals surface area contributed by atoms with Crippen molar-refractivity contribution in [1.29, 1.82) is 0 Å². The molecule has 1 aromatic heterocycles. The van der Waals surface area contributed by atoms with E-state index in [0.29, 0.717) is 6.07 Å². The summed E-state index contributed by atoms with van der Waals surface area (Å²) < 4.78 is 24.3. The number of aromatic hydroxyl groups is 1. The van der Waals surface area contributed by atoms with Crippen molar-refractivity contribution in [1.82, 2.24) is 4.98 Å². The van der Waals surface area contributed by atoms with Crippen molar-refractivity contribution in [3.63, 3.8) is 0 Å².